The molecule has 1 aromatic rings. The van der Waals surface area contributed by atoms with Crippen LogP contribution in [0.1, 0.15) is 25.3 Å². The molecule has 0 heterocycles. The molecule has 0 aliphatic heterocycles. The van der Waals surface area contributed by atoms with Gasteiger partial charge in [0.25, 0.3) is 0 Å². The molecule has 3 nitrogen and oxygen atoms in total. The minimum atomic E-state index is -0.811. The molecule has 82 valence electrons. The van der Waals surface area contributed by atoms with Gasteiger partial charge < -0.3 is 9.84 Å². The molecule has 0 unspecified atom stereocenters. The van der Waals surface area contributed by atoms with E-state index in [1.165, 1.54) is 0 Å². The van der Waals surface area contributed by atoms with Gasteiger partial charge in [-0.3, -0.25) is 4.79 Å². The van der Waals surface area contributed by atoms with Gasteiger partial charge in [-0.1, -0.05) is 32.0 Å². The summed E-state index contributed by atoms with van der Waals surface area (Å²) in [5.41, 5.74) is 0.738. The van der Waals surface area contributed by atoms with Gasteiger partial charge in [-0.25, -0.2) is 0 Å². The van der Waals surface area contributed by atoms with Gasteiger partial charge in [0.05, 0.1) is 13.0 Å². The molecule has 0 radical (unpaired) electrons. The van der Waals surface area contributed by atoms with Gasteiger partial charge >= 0.3 is 5.97 Å². The Morgan fingerprint density at radius 2 is 1.93 bits per heavy atom. The second-order valence-electron chi connectivity index (χ2n) is 3.80. The van der Waals surface area contributed by atoms with Crippen LogP contribution in [0, 0.1) is 5.92 Å². The summed E-state index contributed by atoms with van der Waals surface area (Å²) in [6, 6.07) is 7.25. The van der Waals surface area contributed by atoms with Crippen LogP contribution in [-0.2, 0) is 4.79 Å². The van der Waals surface area contributed by atoms with Crippen LogP contribution in [0.15, 0.2) is 24.3 Å². The van der Waals surface area contributed by atoms with Crippen LogP contribution in [0.2, 0.25) is 0 Å². The molecule has 0 spiro atoms. The molecular formula is C12H16O3. The van der Waals surface area contributed by atoms with E-state index in [4.69, 9.17) is 9.84 Å². The predicted molar refractivity (Wildman–Crippen MR) is 58.2 cm³/mol. The highest BCUT2D eigenvalue weighted by molar-refractivity contribution is 5.77. The normalized spacial score (nSPS) is 12.5. The van der Waals surface area contributed by atoms with Gasteiger partial charge in [-0.15, -0.1) is 0 Å². The lowest BCUT2D eigenvalue weighted by molar-refractivity contribution is -0.139. The summed E-state index contributed by atoms with van der Waals surface area (Å²) in [6.45, 7) is 3.79. The first-order valence-electron chi connectivity index (χ1n) is 4.93. The van der Waals surface area contributed by atoms with Crippen molar-refractivity contribution in [3.05, 3.63) is 29.8 Å². The summed E-state index contributed by atoms with van der Waals surface area (Å²) in [4.78, 5) is 11.2. The zero-order valence-corrected chi connectivity index (χ0v) is 9.23. The number of aliphatic carboxylic acids is 1. The number of para-hydroxylation sites is 1. The average Bonchev–Trinajstić information content (AvgIpc) is 2.17. The van der Waals surface area contributed by atoms with Gasteiger partial charge in [0.2, 0.25) is 0 Å². The molecule has 0 saturated heterocycles. The smallest absolute Gasteiger partial charge is 0.311 e. The minimum Gasteiger partial charge on any atom is -0.496 e. The van der Waals surface area contributed by atoms with Gasteiger partial charge in [0, 0.05) is 5.56 Å². The molecule has 0 aromatic heterocycles. The highest BCUT2D eigenvalue weighted by atomic mass is 16.5. The van der Waals surface area contributed by atoms with Crippen LogP contribution in [0.5, 0.6) is 5.75 Å². The number of methoxy groups -OCH3 is 1. The summed E-state index contributed by atoms with van der Waals surface area (Å²) in [5, 5.41) is 9.16. The number of hydrogen-bond donors (Lipinski definition) is 1. The Morgan fingerprint density at radius 3 is 2.40 bits per heavy atom. The van der Waals surface area contributed by atoms with Gasteiger partial charge in [0.1, 0.15) is 5.75 Å². The molecule has 1 N–H and O–H groups in total. The summed E-state index contributed by atoms with van der Waals surface area (Å²) in [6.07, 6.45) is 0. The highest BCUT2D eigenvalue weighted by Crippen LogP contribution is 2.31. The van der Waals surface area contributed by atoms with Gasteiger partial charge in [-0.05, 0) is 12.0 Å². The number of hydrogen-bond acceptors (Lipinski definition) is 2. The molecule has 1 aromatic carbocycles. The standard InChI is InChI=1S/C12H16O3/c1-8(2)11(12(13)14)9-6-4-5-7-10(9)15-3/h4-8,11H,1-3H3,(H,13,14)/t11-/m1/s1. The molecule has 1 atom stereocenters. The summed E-state index contributed by atoms with van der Waals surface area (Å²) >= 11 is 0. The zero-order valence-electron chi connectivity index (χ0n) is 9.23. The van der Waals surface area contributed by atoms with Crippen LogP contribution in [0.25, 0.3) is 0 Å². The fourth-order valence-corrected chi connectivity index (χ4v) is 1.70. The molecule has 0 saturated carbocycles. The SMILES string of the molecule is COc1ccccc1[C@H](C(=O)O)C(C)C. The van der Waals surface area contributed by atoms with E-state index in [0.29, 0.717) is 5.75 Å². The third-order valence-electron chi connectivity index (χ3n) is 2.41. The quantitative estimate of drug-likeness (QED) is 0.827. The zero-order chi connectivity index (χ0) is 11.4. The van der Waals surface area contributed by atoms with Crippen molar-refractivity contribution in [3.63, 3.8) is 0 Å². The van der Waals surface area contributed by atoms with E-state index in [-0.39, 0.29) is 5.92 Å². The van der Waals surface area contributed by atoms with Crippen molar-refractivity contribution in [3.8, 4) is 5.75 Å². The van der Waals surface area contributed by atoms with Gasteiger partial charge in [0.15, 0.2) is 0 Å². The van der Waals surface area contributed by atoms with Crippen LogP contribution in [-0.4, -0.2) is 18.2 Å². The van der Waals surface area contributed by atoms with Crippen molar-refractivity contribution in [1.82, 2.24) is 0 Å². The van der Waals surface area contributed by atoms with Crippen LogP contribution in [0.3, 0.4) is 0 Å². The van der Waals surface area contributed by atoms with Crippen LogP contribution >= 0.6 is 0 Å². The first-order chi connectivity index (χ1) is 7.07. The second-order valence-corrected chi connectivity index (χ2v) is 3.80. The Balaban J connectivity index is 3.16. The molecule has 0 fully saturated rings. The van der Waals surface area contributed by atoms with Crippen LogP contribution in [0.4, 0.5) is 0 Å². The molecular weight excluding hydrogens is 192 g/mol. The van der Waals surface area contributed by atoms with E-state index in [1.807, 2.05) is 26.0 Å². The molecule has 0 aliphatic rings. The topological polar surface area (TPSA) is 46.5 Å². The Kier molecular flexibility index (Phi) is 3.72. The first-order valence-corrected chi connectivity index (χ1v) is 4.93. The third-order valence-corrected chi connectivity index (χ3v) is 2.41. The monoisotopic (exact) mass is 208 g/mol. The van der Waals surface area contributed by atoms with E-state index < -0.39 is 11.9 Å². The molecule has 0 aliphatic carbocycles. The molecule has 3 heteroatoms. The van der Waals surface area contributed by atoms with E-state index in [2.05, 4.69) is 0 Å². The lowest BCUT2D eigenvalue weighted by Gasteiger charge is -2.18. The van der Waals surface area contributed by atoms with Crippen molar-refractivity contribution in [2.24, 2.45) is 5.92 Å². The summed E-state index contributed by atoms with van der Waals surface area (Å²) in [7, 11) is 1.55. The Bertz CT molecular complexity index is 344. The lowest BCUT2D eigenvalue weighted by atomic mass is 9.88. The number of ether oxygens (including phenoxy) is 1. The van der Waals surface area contributed by atoms with Crippen molar-refractivity contribution < 1.29 is 14.6 Å². The van der Waals surface area contributed by atoms with E-state index >= 15 is 0 Å². The maximum absolute atomic E-state index is 11.2. The minimum absolute atomic E-state index is 0.0406. The van der Waals surface area contributed by atoms with Crippen molar-refractivity contribution in [2.75, 3.05) is 7.11 Å². The molecule has 15 heavy (non-hydrogen) atoms. The fraction of sp³-hybridized carbons (Fsp3) is 0.417. The number of carboxylic acids is 1. The molecule has 1 rings (SSSR count). The predicted octanol–water partition coefficient (Wildman–Crippen LogP) is 2.52. The Morgan fingerprint density at radius 1 is 1.33 bits per heavy atom. The Labute approximate surface area is 89.7 Å². The first kappa shape index (κ1) is 11.6. The van der Waals surface area contributed by atoms with Crippen LogP contribution < -0.4 is 4.74 Å². The van der Waals surface area contributed by atoms with Crippen molar-refractivity contribution in [1.29, 1.82) is 0 Å². The Hall–Kier alpha value is -1.51. The van der Waals surface area contributed by atoms with Gasteiger partial charge in [-0.2, -0.15) is 0 Å². The van der Waals surface area contributed by atoms with E-state index in [0.717, 1.165) is 5.56 Å². The molecule has 0 amide bonds. The van der Waals surface area contributed by atoms with Crippen molar-refractivity contribution in [2.45, 2.75) is 19.8 Å². The highest BCUT2D eigenvalue weighted by Gasteiger charge is 2.26. The molecule has 0 bridgehead atoms. The van der Waals surface area contributed by atoms with E-state index in [9.17, 15) is 4.79 Å². The van der Waals surface area contributed by atoms with E-state index in [1.54, 1.807) is 19.2 Å². The average molecular weight is 208 g/mol. The van der Waals surface area contributed by atoms with Crippen molar-refractivity contribution >= 4 is 5.97 Å². The largest absolute Gasteiger partial charge is 0.496 e. The summed E-state index contributed by atoms with van der Waals surface area (Å²) in [5.74, 6) is -0.645. The second kappa shape index (κ2) is 4.82. The number of benzene rings is 1. The maximum Gasteiger partial charge on any atom is 0.311 e. The fourth-order valence-electron chi connectivity index (χ4n) is 1.70. The lowest BCUT2D eigenvalue weighted by Crippen LogP contribution is -2.18. The summed E-state index contributed by atoms with van der Waals surface area (Å²) < 4.78 is 5.16. The third kappa shape index (κ3) is 2.49. The maximum atomic E-state index is 11.2. The number of carbonyl (C=O) groups is 1. The number of carboxylic acid groups (broad SMARTS) is 1. The number of rotatable bonds is 4.